The Morgan fingerprint density at radius 1 is 1.26 bits per heavy atom. The van der Waals surface area contributed by atoms with Crippen LogP contribution in [0.15, 0.2) is 36.7 Å². The highest BCUT2D eigenvalue weighted by Crippen LogP contribution is 2.23. The Hall–Kier alpha value is -2.34. The summed E-state index contributed by atoms with van der Waals surface area (Å²) in [5, 5.41) is 0. The van der Waals surface area contributed by atoms with E-state index < -0.39 is 0 Å². The third-order valence-corrected chi connectivity index (χ3v) is 4.43. The van der Waals surface area contributed by atoms with Crippen LogP contribution in [0, 0.1) is 0 Å². The summed E-state index contributed by atoms with van der Waals surface area (Å²) in [7, 11) is 3.61. The molecule has 0 bridgehead atoms. The summed E-state index contributed by atoms with van der Waals surface area (Å²) in [5.74, 6) is 1.89. The van der Waals surface area contributed by atoms with Crippen molar-refractivity contribution in [2.24, 2.45) is 7.05 Å². The van der Waals surface area contributed by atoms with Gasteiger partial charge in [0, 0.05) is 38.2 Å². The van der Waals surface area contributed by atoms with Gasteiger partial charge in [0.1, 0.15) is 11.6 Å². The molecule has 0 saturated carbocycles. The van der Waals surface area contributed by atoms with Crippen molar-refractivity contribution in [1.82, 2.24) is 14.5 Å². The molecule has 1 aromatic carbocycles. The molecular weight excluding hydrogens is 292 g/mol. The van der Waals surface area contributed by atoms with Gasteiger partial charge < -0.3 is 14.2 Å². The number of nitrogens with zero attached hydrogens (tertiary/aromatic N) is 4. The summed E-state index contributed by atoms with van der Waals surface area (Å²) >= 11 is 0. The fraction of sp³-hybridized carbons (Fsp3) is 0.412. The Morgan fingerprint density at radius 2 is 2.00 bits per heavy atom. The van der Waals surface area contributed by atoms with Gasteiger partial charge in [0.15, 0.2) is 0 Å². The van der Waals surface area contributed by atoms with Crippen LogP contribution in [-0.4, -0.2) is 46.6 Å². The average molecular weight is 314 g/mol. The van der Waals surface area contributed by atoms with E-state index in [1.165, 1.54) is 0 Å². The number of carbonyl (C=O) groups excluding carboxylic acids is 1. The predicted molar refractivity (Wildman–Crippen MR) is 88.4 cm³/mol. The van der Waals surface area contributed by atoms with E-state index in [1.54, 1.807) is 13.3 Å². The molecule has 3 rings (SSSR count). The largest absolute Gasteiger partial charge is 0.497 e. The molecule has 1 aliphatic heterocycles. The van der Waals surface area contributed by atoms with Crippen LogP contribution in [0.5, 0.6) is 5.75 Å². The Labute approximate surface area is 136 Å². The number of carbonyl (C=O) groups is 1. The molecule has 2 heterocycles. The van der Waals surface area contributed by atoms with Crippen LogP contribution in [0.1, 0.15) is 12.7 Å². The van der Waals surface area contributed by atoms with Crippen LogP contribution in [0.4, 0.5) is 5.69 Å². The zero-order chi connectivity index (χ0) is 16.4. The number of aryl methyl sites for hydroxylation is 1. The highest BCUT2D eigenvalue weighted by atomic mass is 16.5. The van der Waals surface area contributed by atoms with E-state index in [0.717, 1.165) is 23.8 Å². The van der Waals surface area contributed by atoms with E-state index in [2.05, 4.69) is 9.88 Å². The molecular formula is C17H22N4O2. The van der Waals surface area contributed by atoms with Crippen molar-refractivity contribution >= 4 is 11.6 Å². The number of aromatic nitrogens is 2. The van der Waals surface area contributed by atoms with Crippen molar-refractivity contribution in [2.45, 2.75) is 19.5 Å². The summed E-state index contributed by atoms with van der Waals surface area (Å²) in [6.45, 7) is 4.15. The lowest BCUT2D eigenvalue weighted by molar-refractivity contribution is -0.125. The van der Waals surface area contributed by atoms with Gasteiger partial charge in [-0.05, 0) is 31.2 Å². The van der Waals surface area contributed by atoms with Crippen molar-refractivity contribution in [1.29, 1.82) is 0 Å². The molecule has 122 valence electrons. The fourth-order valence-electron chi connectivity index (χ4n) is 2.88. The first-order valence-electron chi connectivity index (χ1n) is 7.76. The minimum atomic E-state index is -0.164. The van der Waals surface area contributed by atoms with Gasteiger partial charge in [-0.2, -0.15) is 0 Å². The molecule has 6 nitrogen and oxygen atoms in total. The third kappa shape index (κ3) is 3.07. The molecule has 0 spiro atoms. The van der Waals surface area contributed by atoms with Gasteiger partial charge in [0.2, 0.25) is 5.91 Å². The summed E-state index contributed by atoms with van der Waals surface area (Å²) in [4.78, 5) is 21.1. The van der Waals surface area contributed by atoms with Crippen LogP contribution < -0.4 is 9.64 Å². The van der Waals surface area contributed by atoms with E-state index in [0.29, 0.717) is 13.1 Å². The number of hydrogen-bond acceptors (Lipinski definition) is 4. The number of amides is 1. The number of methoxy groups -OCH3 is 1. The van der Waals surface area contributed by atoms with E-state index in [9.17, 15) is 4.79 Å². The third-order valence-electron chi connectivity index (χ3n) is 4.43. The van der Waals surface area contributed by atoms with Crippen LogP contribution >= 0.6 is 0 Å². The smallest absolute Gasteiger partial charge is 0.244 e. The summed E-state index contributed by atoms with van der Waals surface area (Å²) in [5.41, 5.74) is 0.916. The number of hydrogen-bond donors (Lipinski definition) is 0. The van der Waals surface area contributed by atoms with Gasteiger partial charge in [0.05, 0.1) is 19.7 Å². The maximum Gasteiger partial charge on any atom is 0.244 e. The number of rotatable bonds is 4. The Morgan fingerprint density at radius 3 is 2.61 bits per heavy atom. The molecule has 23 heavy (non-hydrogen) atoms. The summed E-state index contributed by atoms with van der Waals surface area (Å²) < 4.78 is 7.16. The first-order valence-corrected chi connectivity index (χ1v) is 7.76. The second-order valence-electron chi connectivity index (χ2n) is 5.79. The molecule has 1 atom stereocenters. The number of ether oxygens (including phenoxy) is 1. The van der Waals surface area contributed by atoms with Crippen LogP contribution in [0.3, 0.4) is 0 Å². The SMILES string of the molecule is COc1ccc(N2CCN(Cc3nccn3C)C(C)C2=O)cc1. The zero-order valence-electron chi connectivity index (χ0n) is 13.8. The molecule has 1 aliphatic rings. The van der Waals surface area contributed by atoms with E-state index >= 15 is 0 Å². The molecule has 1 unspecified atom stereocenters. The lowest BCUT2D eigenvalue weighted by Crippen LogP contribution is -2.55. The number of benzene rings is 1. The highest BCUT2D eigenvalue weighted by Gasteiger charge is 2.32. The van der Waals surface area contributed by atoms with E-state index in [-0.39, 0.29) is 11.9 Å². The maximum absolute atomic E-state index is 12.7. The number of imidazole rings is 1. The van der Waals surface area contributed by atoms with E-state index in [4.69, 9.17) is 4.74 Å². The molecule has 6 heteroatoms. The quantitative estimate of drug-likeness (QED) is 0.861. The topological polar surface area (TPSA) is 50.6 Å². The number of piperazine rings is 1. The normalized spacial score (nSPS) is 19.2. The Bertz CT molecular complexity index is 680. The standard InChI is InChI=1S/C17H22N4O2/c1-13-17(22)21(14-4-6-15(23-3)7-5-14)11-10-20(13)12-16-18-8-9-19(16)2/h4-9,13H,10-12H2,1-3H3. The van der Waals surface area contributed by atoms with Crippen molar-refractivity contribution in [3.05, 3.63) is 42.5 Å². The molecule has 1 aromatic heterocycles. The fourth-order valence-corrected chi connectivity index (χ4v) is 2.88. The van der Waals surface area contributed by atoms with Gasteiger partial charge in [-0.1, -0.05) is 0 Å². The van der Waals surface area contributed by atoms with Crippen molar-refractivity contribution in [3.63, 3.8) is 0 Å². The average Bonchev–Trinajstić information content (AvgIpc) is 2.97. The van der Waals surface area contributed by atoms with Crippen molar-refractivity contribution < 1.29 is 9.53 Å². The summed E-state index contributed by atoms with van der Waals surface area (Å²) in [6.07, 6.45) is 3.71. The maximum atomic E-state index is 12.7. The lowest BCUT2D eigenvalue weighted by Gasteiger charge is -2.38. The number of anilines is 1. The van der Waals surface area contributed by atoms with E-state index in [1.807, 2.05) is 53.9 Å². The van der Waals surface area contributed by atoms with Gasteiger partial charge in [-0.15, -0.1) is 0 Å². The zero-order valence-corrected chi connectivity index (χ0v) is 13.8. The molecule has 1 saturated heterocycles. The van der Waals surface area contributed by atoms with Gasteiger partial charge in [0.25, 0.3) is 0 Å². The van der Waals surface area contributed by atoms with Gasteiger partial charge in [-0.3, -0.25) is 9.69 Å². The van der Waals surface area contributed by atoms with Crippen molar-refractivity contribution in [3.8, 4) is 5.75 Å². The first-order chi connectivity index (χ1) is 11.1. The predicted octanol–water partition coefficient (Wildman–Crippen LogP) is 1.67. The minimum absolute atomic E-state index is 0.121. The monoisotopic (exact) mass is 314 g/mol. The second-order valence-corrected chi connectivity index (χ2v) is 5.79. The Kier molecular flexibility index (Phi) is 4.34. The van der Waals surface area contributed by atoms with Gasteiger partial charge >= 0.3 is 0 Å². The molecule has 1 fully saturated rings. The highest BCUT2D eigenvalue weighted by molar-refractivity contribution is 5.97. The minimum Gasteiger partial charge on any atom is -0.497 e. The summed E-state index contributed by atoms with van der Waals surface area (Å²) in [6, 6.07) is 7.46. The van der Waals surface area contributed by atoms with Crippen molar-refractivity contribution in [2.75, 3.05) is 25.1 Å². The second kappa shape index (κ2) is 6.42. The van der Waals surface area contributed by atoms with Crippen LogP contribution in [0.25, 0.3) is 0 Å². The molecule has 1 amide bonds. The van der Waals surface area contributed by atoms with Crippen LogP contribution in [-0.2, 0) is 18.4 Å². The van der Waals surface area contributed by atoms with Crippen LogP contribution in [0.2, 0.25) is 0 Å². The first kappa shape index (κ1) is 15.6. The van der Waals surface area contributed by atoms with Gasteiger partial charge in [-0.25, -0.2) is 4.98 Å². The molecule has 0 aliphatic carbocycles. The molecule has 0 radical (unpaired) electrons. The lowest BCUT2D eigenvalue weighted by atomic mass is 10.1. The Balaban J connectivity index is 1.71. The molecule has 0 N–H and O–H groups in total. The molecule has 2 aromatic rings.